The van der Waals surface area contributed by atoms with Crippen LogP contribution in [-0.4, -0.2) is 0 Å². The molecular weight excluding hydrogens is 79.1 g/mol. The van der Waals surface area contributed by atoms with E-state index in [2.05, 4.69) is 0 Å². The van der Waals surface area contributed by atoms with Crippen molar-refractivity contribution in [3.05, 3.63) is 6.57 Å². The monoisotopic (exact) mass is 82.0 g/mol. The van der Waals surface area contributed by atoms with Crippen LogP contribution in [0.2, 0.25) is 0 Å². The van der Waals surface area contributed by atoms with Gasteiger partial charge in [-0.3, -0.25) is 0 Å². The minimum atomic E-state index is 0. The average molecular weight is 82.1 g/mol. The molecule has 0 saturated heterocycles. The van der Waals surface area contributed by atoms with Gasteiger partial charge in [-0.15, -0.1) is 0 Å². The summed E-state index contributed by atoms with van der Waals surface area (Å²) in [6.07, 6.45) is 0. The molecule has 0 aromatic carbocycles. The molecular formula is CH3KN2. The normalized spacial score (nSPS) is 0.500. The fourth-order valence-corrected chi connectivity index (χ4v) is 0. The van der Waals surface area contributed by atoms with Gasteiger partial charge < -0.3 is 18.0 Å². The second kappa shape index (κ2) is 33.0. The van der Waals surface area contributed by atoms with Crippen LogP contribution in [0.4, 0.5) is 0 Å². The summed E-state index contributed by atoms with van der Waals surface area (Å²) >= 11 is 0. The molecule has 0 rings (SSSR count). The van der Waals surface area contributed by atoms with E-state index in [1.807, 2.05) is 0 Å². The average Bonchev–Trinajstić information content (AvgIpc) is 1.00. The molecule has 0 heterocycles. The molecule has 0 radical (unpaired) electrons. The van der Waals surface area contributed by atoms with Crippen molar-refractivity contribution in [1.82, 2.24) is 6.15 Å². The molecule has 3 N–H and O–H groups in total. The maximum absolute atomic E-state index is 6.25. The molecule has 0 fully saturated rings. The summed E-state index contributed by atoms with van der Waals surface area (Å²) in [5.74, 6) is 0. The molecule has 0 aliphatic rings. The third kappa shape index (κ3) is 11.4. The second-order valence-corrected chi connectivity index (χ2v) is 0. The predicted molar refractivity (Wildman–Crippen MR) is 9.99 cm³/mol. The van der Waals surface area contributed by atoms with Gasteiger partial charge in [0.15, 0.2) is 0 Å². The largest absolute Gasteiger partial charge is 1.00 e. The van der Waals surface area contributed by atoms with Crippen molar-refractivity contribution < 1.29 is 51.4 Å². The van der Waals surface area contributed by atoms with Crippen LogP contribution in [0.1, 0.15) is 0 Å². The zero-order valence-corrected chi connectivity index (χ0v) is 5.78. The third-order valence-corrected chi connectivity index (χ3v) is 0. The first-order valence-corrected chi connectivity index (χ1v) is 0.224. The molecule has 0 atom stereocenters. The van der Waals surface area contributed by atoms with E-state index in [-0.39, 0.29) is 57.5 Å². The summed E-state index contributed by atoms with van der Waals surface area (Å²) in [5.41, 5.74) is 0. The van der Waals surface area contributed by atoms with Gasteiger partial charge in [-0.05, 0) is 0 Å². The Hall–Kier alpha value is 1.09. The molecule has 4 heavy (non-hydrogen) atoms. The Labute approximate surface area is 68.2 Å². The number of hydrogen-bond acceptors (Lipinski definition) is 2. The molecule has 0 amide bonds. The Balaban J connectivity index is -0.00000000500. The van der Waals surface area contributed by atoms with Crippen molar-refractivity contribution in [2.75, 3.05) is 0 Å². The van der Waals surface area contributed by atoms with Crippen molar-refractivity contribution in [1.29, 1.82) is 5.26 Å². The van der Waals surface area contributed by atoms with Gasteiger partial charge in [0, 0.05) is 0 Å². The zero-order valence-electron chi connectivity index (χ0n) is 2.65. The van der Waals surface area contributed by atoms with Crippen LogP contribution in [0.5, 0.6) is 0 Å². The molecule has 18 valence electrons. The minimum absolute atomic E-state index is 0. The first-order valence-electron chi connectivity index (χ1n) is 0.224. The zero-order chi connectivity index (χ0) is 2.00. The minimum Gasteiger partial charge on any atom is -0.512 e. The molecule has 0 aromatic rings. The summed E-state index contributed by atoms with van der Waals surface area (Å²) in [6, 6.07) is 0. The number of nitrogens with zero attached hydrogens (tertiary/aromatic N) is 1. The van der Waals surface area contributed by atoms with E-state index >= 15 is 0 Å². The summed E-state index contributed by atoms with van der Waals surface area (Å²) in [4.78, 5) is 0. The molecule has 0 spiro atoms. The van der Waals surface area contributed by atoms with E-state index in [9.17, 15) is 0 Å². The van der Waals surface area contributed by atoms with E-state index in [1.54, 1.807) is 0 Å². The summed E-state index contributed by atoms with van der Waals surface area (Å²) < 4.78 is 0. The van der Waals surface area contributed by atoms with E-state index < -0.39 is 0 Å². The van der Waals surface area contributed by atoms with Crippen molar-refractivity contribution in [3.8, 4) is 0 Å². The third-order valence-electron chi connectivity index (χ3n) is 0. The first-order chi connectivity index (χ1) is 1.00. The number of rotatable bonds is 0. The Morgan fingerprint density at radius 1 is 1.25 bits per heavy atom. The standard InChI is InChI=1S/CN.K.H3N/c1-2;;/h;;1H3/q-1;+1;. The molecule has 0 aromatic heterocycles. The van der Waals surface area contributed by atoms with Crippen LogP contribution < -0.4 is 57.5 Å². The van der Waals surface area contributed by atoms with Crippen LogP contribution in [0, 0.1) is 11.8 Å². The Kier molecular flexibility index (Phi) is 161. The van der Waals surface area contributed by atoms with Crippen LogP contribution in [0.3, 0.4) is 0 Å². The predicted octanol–water partition coefficient (Wildman–Crippen LogP) is -2.74. The molecule has 0 bridgehead atoms. The van der Waals surface area contributed by atoms with Crippen molar-refractivity contribution in [2.24, 2.45) is 0 Å². The van der Waals surface area contributed by atoms with Crippen molar-refractivity contribution >= 4 is 0 Å². The summed E-state index contributed by atoms with van der Waals surface area (Å²) in [6.45, 7) is 4.75. The Bertz CT molecular complexity index is 10.8. The molecule has 0 unspecified atom stereocenters. The van der Waals surface area contributed by atoms with Gasteiger partial charge in [-0.2, -0.15) is 0 Å². The maximum atomic E-state index is 6.25. The van der Waals surface area contributed by atoms with Crippen LogP contribution in [0.25, 0.3) is 0 Å². The fourth-order valence-electron chi connectivity index (χ4n) is 0. The molecule has 0 saturated carbocycles. The first kappa shape index (κ1) is 19.5. The maximum Gasteiger partial charge on any atom is 1.00 e. The van der Waals surface area contributed by atoms with Gasteiger partial charge in [0.2, 0.25) is 0 Å². The van der Waals surface area contributed by atoms with Gasteiger partial charge in [0.05, 0.1) is 0 Å². The van der Waals surface area contributed by atoms with Gasteiger partial charge >= 0.3 is 51.4 Å². The van der Waals surface area contributed by atoms with E-state index in [1.165, 1.54) is 0 Å². The van der Waals surface area contributed by atoms with Crippen LogP contribution >= 0.6 is 0 Å². The smallest absolute Gasteiger partial charge is 0.512 e. The molecule has 0 aliphatic heterocycles. The Morgan fingerprint density at radius 2 is 1.25 bits per heavy atom. The van der Waals surface area contributed by atoms with Crippen LogP contribution in [-0.2, 0) is 0 Å². The molecule has 0 aliphatic carbocycles. The molecule has 3 heteroatoms. The van der Waals surface area contributed by atoms with Gasteiger partial charge in [0.1, 0.15) is 0 Å². The van der Waals surface area contributed by atoms with Crippen molar-refractivity contribution in [3.63, 3.8) is 0 Å². The van der Waals surface area contributed by atoms with E-state index in [4.69, 9.17) is 11.8 Å². The number of hydrogen-bond donors (Lipinski definition) is 1. The molecule has 2 nitrogen and oxygen atoms in total. The SMILES string of the molecule is N.[C-]#N.[K+]. The summed E-state index contributed by atoms with van der Waals surface area (Å²) in [5, 5.41) is 6.25. The van der Waals surface area contributed by atoms with E-state index in [0.717, 1.165) is 0 Å². The van der Waals surface area contributed by atoms with Gasteiger partial charge in [0.25, 0.3) is 0 Å². The second-order valence-electron chi connectivity index (χ2n) is 0. The summed E-state index contributed by atoms with van der Waals surface area (Å²) in [7, 11) is 0. The van der Waals surface area contributed by atoms with Crippen LogP contribution in [0.15, 0.2) is 0 Å². The van der Waals surface area contributed by atoms with Gasteiger partial charge in [-0.1, -0.05) is 0 Å². The quantitative estimate of drug-likeness (QED) is 0.254. The van der Waals surface area contributed by atoms with E-state index in [0.29, 0.717) is 0 Å². The van der Waals surface area contributed by atoms with Crippen molar-refractivity contribution in [2.45, 2.75) is 0 Å². The van der Waals surface area contributed by atoms with Gasteiger partial charge in [-0.25, -0.2) is 0 Å². The Morgan fingerprint density at radius 3 is 1.25 bits per heavy atom. The fraction of sp³-hybridized carbons (Fsp3) is 0. The topological polar surface area (TPSA) is 58.8 Å².